The SMILES string of the molecule is c1ccc(C(=C(c2ccccc2)c2cccc(-c3nc(-c4cc(-c5ccccc5)cc(-c5ccccc5)c4)nc(-c4ccc5c(c4)oc4ccccc45)n3)c2)c2ccccc2)cc1.c1ccc(C(=C(c2ccccc2)c2cccc(-c3nc(-c4ccccc4)nc(-c4ccc(-c5cccnc5)cc4)n3)c2)c2ccccc2)cc1. The molecule has 0 radical (unpaired) electrons. The van der Waals surface area contributed by atoms with Gasteiger partial charge in [-0.1, -0.05) is 364 Å². The van der Waals surface area contributed by atoms with Crippen molar-refractivity contribution in [1.29, 1.82) is 0 Å². The molecule has 0 bridgehead atoms. The number of nitrogens with zero attached hydrogens (tertiary/aromatic N) is 7. The van der Waals surface area contributed by atoms with Crippen LogP contribution in [0.5, 0.6) is 0 Å². The van der Waals surface area contributed by atoms with Gasteiger partial charge in [0.15, 0.2) is 34.9 Å². The van der Waals surface area contributed by atoms with Crippen molar-refractivity contribution in [2.75, 3.05) is 0 Å². The molecule has 0 unspecified atom stereocenters. The standard InChI is InChI=1S/C59H39N3O.C46H32N4/c1-6-19-40(20-7-1)48-36-49(41-21-8-2-9-22-41)38-50(37-48)59-61-57(60-58(62-59)47-33-34-52-51-31-16-17-32-53(51)63-54(52)39-47)46-30-18-29-45(35-46)56(44-27-14-5-15-28-44)55(42-23-10-3-11-24-42)43-25-12-4-13-26-43;1-5-15-34(16-6-1)42(35-17-7-2-8-18-35)43(36-19-9-3-10-20-36)39-23-13-24-40(31-39)46-49-44(37-21-11-4-12-22-37)48-45(50-46)38-28-26-33(27-29-38)41-25-14-30-47-32-41/h1-39H;1-32H. The van der Waals surface area contributed by atoms with E-state index in [0.29, 0.717) is 34.9 Å². The van der Waals surface area contributed by atoms with Gasteiger partial charge in [-0.2, -0.15) is 0 Å². The summed E-state index contributed by atoms with van der Waals surface area (Å²) >= 11 is 0. The van der Waals surface area contributed by atoms with E-state index in [1.807, 2.05) is 79.0 Å². The molecule has 8 heteroatoms. The van der Waals surface area contributed by atoms with Gasteiger partial charge in [0.25, 0.3) is 0 Å². The normalized spacial score (nSPS) is 11.0. The third-order valence-corrected chi connectivity index (χ3v) is 20.2. The van der Waals surface area contributed by atoms with Gasteiger partial charge in [-0.3, -0.25) is 4.98 Å². The molecule has 19 aromatic rings. The molecule has 0 fully saturated rings. The van der Waals surface area contributed by atoms with E-state index < -0.39 is 0 Å². The molecule has 4 heterocycles. The van der Waals surface area contributed by atoms with E-state index in [0.717, 1.165) is 155 Å². The zero-order chi connectivity index (χ0) is 75.5. The van der Waals surface area contributed by atoms with E-state index in [4.69, 9.17) is 34.3 Å². The highest BCUT2D eigenvalue weighted by Gasteiger charge is 2.23. The number of furan rings is 1. The van der Waals surface area contributed by atoms with E-state index in [9.17, 15) is 0 Å². The molecule has 0 saturated heterocycles. The van der Waals surface area contributed by atoms with E-state index in [-0.39, 0.29) is 0 Å². The fraction of sp³-hybridized carbons (Fsp3) is 0. The highest BCUT2D eigenvalue weighted by molar-refractivity contribution is 6.08. The predicted molar refractivity (Wildman–Crippen MR) is 462 cm³/mol. The van der Waals surface area contributed by atoms with E-state index >= 15 is 0 Å². The first kappa shape index (κ1) is 69.5. The van der Waals surface area contributed by atoms with Crippen molar-refractivity contribution in [2.45, 2.75) is 0 Å². The summed E-state index contributed by atoms with van der Waals surface area (Å²) in [6.45, 7) is 0. The highest BCUT2D eigenvalue weighted by Crippen LogP contribution is 2.42. The molecule has 19 rings (SSSR count). The summed E-state index contributed by atoms with van der Waals surface area (Å²) in [6.07, 6.45) is 3.66. The Kier molecular flexibility index (Phi) is 19.9. The first-order chi connectivity index (χ1) is 56.0. The van der Waals surface area contributed by atoms with Crippen LogP contribution in [0.3, 0.4) is 0 Å². The van der Waals surface area contributed by atoms with Crippen molar-refractivity contribution >= 4 is 44.2 Å². The van der Waals surface area contributed by atoms with Crippen molar-refractivity contribution < 1.29 is 4.42 Å². The Morgan fingerprint density at radius 2 is 0.442 bits per heavy atom. The van der Waals surface area contributed by atoms with Crippen LogP contribution in [0.15, 0.2) is 435 Å². The molecule has 0 spiro atoms. The topological polar surface area (TPSA) is 103 Å². The average Bonchev–Trinajstić information content (AvgIpc) is 1.71. The molecule has 4 aromatic heterocycles. The predicted octanol–water partition coefficient (Wildman–Crippen LogP) is 26.1. The molecule has 532 valence electrons. The van der Waals surface area contributed by atoms with Crippen LogP contribution < -0.4 is 0 Å². The Bertz CT molecular complexity index is 6450. The van der Waals surface area contributed by atoms with E-state index in [1.54, 1.807) is 6.20 Å². The quantitative estimate of drug-likeness (QED) is 0.0831. The largest absolute Gasteiger partial charge is 0.456 e. The maximum atomic E-state index is 6.38. The minimum atomic E-state index is 0.558. The summed E-state index contributed by atoms with van der Waals surface area (Å²) in [7, 11) is 0. The molecule has 8 nitrogen and oxygen atoms in total. The second-order valence-corrected chi connectivity index (χ2v) is 27.5. The number of aromatic nitrogens is 7. The van der Waals surface area contributed by atoms with Gasteiger partial charge in [-0.15, -0.1) is 0 Å². The lowest BCUT2D eigenvalue weighted by molar-refractivity contribution is 0.669. The van der Waals surface area contributed by atoms with Gasteiger partial charge in [0, 0.05) is 56.5 Å². The Morgan fingerprint density at radius 3 is 0.850 bits per heavy atom. The van der Waals surface area contributed by atoms with Gasteiger partial charge in [0.1, 0.15) is 11.2 Å². The Labute approximate surface area is 656 Å². The summed E-state index contributed by atoms with van der Waals surface area (Å²) in [5.74, 6) is 3.56. The van der Waals surface area contributed by atoms with Crippen molar-refractivity contribution in [2.24, 2.45) is 0 Å². The zero-order valence-electron chi connectivity index (χ0n) is 61.5. The van der Waals surface area contributed by atoms with Crippen molar-refractivity contribution in [3.05, 3.63) is 475 Å². The molecule has 0 N–H and O–H groups in total. The van der Waals surface area contributed by atoms with Crippen LogP contribution in [-0.2, 0) is 0 Å². The lowest BCUT2D eigenvalue weighted by atomic mass is 9.85. The summed E-state index contributed by atoms with van der Waals surface area (Å²) < 4.78 is 6.38. The average molecular weight is 1450 g/mol. The molecule has 0 aliphatic carbocycles. The van der Waals surface area contributed by atoms with Crippen LogP contribution in [0.25, 0.3) is 146 Å². The number of para-hydroxylation sites is 1. The lowest BCUT2D eigenvalue weighted by Crippen LogP contribution is -2.02. The van der Waals surface area contributed by atoms with Gasteiger partial charge in [-0.05, 0) is 155 Å². The lowest BCUT2D eigenvalue weighted by Gasteiger charge is -2.18. The third kappa shape index (κ3) is 15.2. The molecule has 0 aliphatic heterocycles. The van der Waals surface area contributed by atoms with Crippen LogP contribution in [0.2, 0.25) is 0 Å². The Balaban J connectivity index is 0.000000162. The first-order valence-corrected chi connectivity index (χ1v) is 37.8. The second-order valence-electron chi connectivity index (χ2n) is 27.5. The van der Waals surface area contributed by atoms with Crippen molar-refractivity contribution in [3.8, 4) is 102 Å². The molecule has 15 aromatic carbocycles. The molecule has 0 saturated carbocycles. The number of hydrogen-bond donors (Lipinski definition) is 0. The van der Waals surface area contributed by atoms with E-state index in [2.05, 4.69) is 351 Å². The highest BCUT2D eigenvalue weighted by atomic mass is 16.3. The molecule has 0 amide bonds. The van der Waals surface area contributed by atoms with Gasteiger partial charge in [0.2, 0.25) is 0 Å². The minimum absolute atomic E-state index is 0.558. The first-order valence-electron chi connectivity index (χ1n) is 37.8. The van der Waals surface area contributed by atoms with Crippen molar-refractivity contribution in [1.82, 2.24) is 34.9 Å². The number of fused-ring (bicyclic) bond motifs is 3. The second kappa shape index (κ2) is 32.3. The Hall–Kier alpha value is -15.3. The summed E-state index contributed by atoms with van der Waals surface area (Å²) in [6, 6.07) is 145. The summed E-state index contributed by atoms with van der Waals surface area (Å²) in [5, 5.41) is 2.12. The number of hydrogen-bond acceptors (Lipinski definition) is 8. The smallest absolute Gasteiger partial charge is 0.164 e. The summed E-state index contributed by atoms with van der Waals surface area (Å²) in [4.78, 5) is 35.3. The summed E-state index contributed by atoms with van der Waals surface area (Å²) in [5.41, 5.74) is 27.0. The monoisotopic (exact) mass is 1450 g/mol. The van der Waals surface area contributed by atoms with Crippen LogP contribution >= 0.6 is 0 Å². The maximum absolute atomic E-state index is 6.38. The number of rotatable bonds is 17. The van der Waals surface area contributed by atoms with Crippen LogP contribution in [-0.4, -0.2) is 34.9 Å². The fourth-order valence-corrected chi connectivity index (χ4v) is 14.8. The Morgan fingerprint density at radius 1 is 0.168 bits per heavy atom. The fourth-order valence-electron chi connectivity index (χ4n) is 14.8. The van der Waals surface area contributed by atoms with Gasteiger partial charge in [-0.25, -0.2) is 29.9 Å². The van der Waals surface area contributed by atoms with Crippen LogP contribution in [0, 0.1) is 0 Å². The van der Waals surface area contributed by atoms with Crippen molar-refractivity contribution in [3.63, 3.8) is 0 Å². The maximum Gasteiger partial charge on any atom is 0.164 e. The van der Waals surface area contributed by atoms with Gasteiger partial charge >= 0.3 is 0 Å². The van der Waals surface area contributed by atoms with Gasteiger partial charge < -0.3 is 4.42 Å². The third-order valence-electron chi connectivity index (χ3n) is 20.2. The molecule has 0 atom stereocenters. The molecular weight excluding hydrogens is 1380 g/mol. The number of pyridine rings is 1. The minimum Gasteiger partial charge on any atom is -0.456 e. The number of benzene rings is 15. The van der Waals surface area contributed by atoms with Crippen LogP contribution in [0.4, 0.5) is 0 Å². The molecule has 113 heavy (non-hydrogen) atoms. The van der Waals surface area contributed by atoms with Gasteiger partial charge in [0.05, 0.1) is 0 Å². The zero-order valence-corrected chi connectivity index (χ0v) is 61.5. The van der Waals surface area contributed by atoms with E-state index in [1.165, 1.54) is 0 Å². The molecular formula is C105H71N7O. The van der Waals surface area contributed by atoms with Crippen LogP contribution in [0.1, 0.15) is 44.5 Å². The molecule has 0 aliphatic rings.